The Balaban J connectivity index is 1.67. The number of nitrogens with one attached hydrogen (secondary N) is 1. The van der Waals surface area contributed by atoms with Crippen LogP contribution in [-0.2, 0) is 24.2 Å². The number of halogens is 1. The van der Waals surface area contributed by atoms with Crippen LogP contribution in [0.4, 0.5) is 5.82 Å². The van der Waals surface area contributed by atoms with Crippen molar-refractivity contribution >= 4 is 57.2 Å². The van der Waals surface area contributed by atoms with Gasteiger partial charge in [0.25, 0.3) is 0 Å². The molecule has 2 aromatic heterocycles. The number of fused-ring (bicyclic) bond motifs is 2. The Morgan fingerprint density at radius 3 is 2.73 bits per heavy atom. The Morgan fingerprint density at radius 1 is 1.27 bits per heavy atom. The molecule has 2 heterocycles. The van der Waals surface area contributed by atoms with E-state index in [1.165, 1.54) is 32.3 Å². The monoisotopic (exact) mass is 536 g/mol. The fourth-order valence-corrected chi connectivity index (χ4v) is 5.50. The molecule has 3 aromatic rings. The van der Waals surface area contributed by atoms with Crippen molar-refractivity contribution in [2.75, 3.05) is 5.73 Å². The molecule has 0 saturated heterocycles. The van der Waals surface area contributed by atoms with Crippen LogP contribution >= 0.6 is 34.4 Å². The summed E-state index contributed by atoms with van der Waals surface area (Å²) in [6, 6.07) is 4.56. The van der Waals surface area contributed by atoms with E-state index in [4.69, 9.17) is 10.7 Å². The summed E-state index contributed by atoms with van der Waals surface area (Å²) in [5.41, 5.74) is 9.90. The third kappa shape index (κ3) is 4.56. The minimum absolute atomic E-state index is 0.00515. The van der Waals surface area contributed by atoms with E-state index in [2.05, 4.69) is 50.0 Å². The van der Waals surface area contributed by atoms with Crippen molar-refractivity contribution in [3.8, 4) is 0 Å². The first kappa shape index (κ1) is 21.4. The molecule has 9 heteroatoms. The molecule has 3 N–H and O–H groups in total. The summed E-state index contributed by atoms with van der Waals surface area (Å²) in [4.78, 5) is 26.8. The van der Waals surface area contributed by atoms with Crippen LogP contribution in [0.15, 0.2) is 28.5 Å². The maximum Gasteiger partial charge on any atom is 0.222 e. The Labute approximate surface area is 193 Å². The van der Waals surface area contributed by atoms with Crippen LogP contribution in [0.5, 0.6) is 0 Å². The van der Waals surface area contributed by atoms with Crippen LogP contribution in [-0.4, -0.2) is 31.0 Å². The van der Waals surface area contributed by atoms with Crippen molar-refractivity contribution in [2.24, 2.45) is 0 Å². The quantitative estimate of drug-likeness (QED) is 0.480. The molecule has 1 aromatic carbocycles. The highest BCUT2D eigenvalue weighted by Crippen LogP contribution is 2.37. The molecule has 7 nitrogen and oxygen atoms in total. The average molecular weight is 536 g/mol. The molecule has 30 heavy (non-hydrogen) atoms. The minimum Gasteiger partial charge on any atom is -0.382 e. The Hall–Kier alpha value is -1.88. The first-order valence-electron chi connectivity index (χ1n) is 9.98. The summed E-state index contributed by atoms with van der Waals surface area (Å²) in [6.45, 7) is 6.40. The second-order valence-corrected chi connectivity index (χ2v) is 10.7. The number of nitrogens with zero attached hydrogens (tertiary/aromatic N) is 4. The normalized spacial score (nSPS) is 13.6. The van der Waals surface area contributed by atoms with E-state index >= 15 is 0 Å². The van der Waals surface area contributed by atoms with Crippen LogP contribution in [0.25, 0.3) is 11.2 Å². The van der Waals surface area contributed by atoms with Crippen LogP contribution in [0.2, 0.25) is 0 Å². The zero-order chi connectivity index (χ0) is 21.5. The number of anilines is 1. The lowest BCUT2D eigenvalue weighted by Crippen LogP contribution is -2.40. The Morgan fingerprint density at radius 2 is 2.00 bits per heavy atom. The lowest BCUT2D eigenvalue weighted by atomic mass is 10.1. The van der Waals surface area contributed by atoms with Crippen molar-refractivity contribution in [1.82, 2.24) is 24.8 Å². The summed E-state index contributed by atoms with van der Waals surface area (Å²) in [7, 11) is 0. The largest absolute Gasteiger partial charge is 0.382 e. The molecule has 4 rings (SSSR count). The topological polar surface area (TPSA) is 98.7 Å². The van der Waals surface area contributed by atoms with Gasteiger partial charge in [-0.05, 0) is 85.9 Å². The van der Waals surface area contributed by atoms with Crippen molar-refractivity contribution in [1.29, 1.82) is 0 Å². The number of nitrogens with two attached hydrogens (primary N) is 1. The van der Waals surface area contributed by atoms with E-state index in [1.54, 1.807) is 11.8 Å². The number of rotatable bonds is 5. The van der Waals surface area contributed by atoms with E-state index < -0.39 is 0 Å². The number of hydrogen-bond acceptors (Lipinski definition) is 6. The maximum atomic E-state index is 12.4. The molecule has 0 unspecified atom stereocenters. The number of aromatic nitrogens is 4. The molecule has 0 atom stereocenters. The standard InChI is InChI=1S/C21H25IN6OS/c1-21(2,3)27-16(29)7-8-28-19-17(18(23)24-11-25-19)26-20(28)30-15-10-13-6-4-5-12(13)9-14(15)22/h9-11H,4-8H2,1-3H3,(H,27,29)(H2,23,24,25). The van der Waals surface area contributed by atoms with Gasteiger partial charge in [-0.25, -0.2) is 15.0 Å². The highest BCUT2D eigenvalue weighted by Gasteiger charge is 2.21. The van der Waals surface area contributed by atoms with Crippen LogP contribution in [0, 0.1) is 3.57 Å². The summed E-state index contributed by atoms with van der Waals surface area (Å²) in [6.07, 6.45) is 5.28. The van der Waals surface area contributed by atoms with Crippen molar-refractivity contribution < 1.29 is 4.79 Å². The average Bonchev–Trinajstić information content (AvgIpc) is 3.23. The Bertz CT molecular complexity index is 1120. The summed E-state index contributed by atoms with van der Waals surface area (Å²) in [5, 5.41) is 3.78. The van der Waals surface area contributed by atoms with Gasteiger partial charge in [-0.1, -0.05) is 11.8 Å². The van der Waals surface area contributed by atoms with Crippen LogP contribution in [0.3, 0.4) is 0 Å². The number of carbonyl (C=O) groups is 1. The second kappa shape index (κ2) is 8.33. The van der Waals surface area contributed by atoms with Gasteiger partial charge >= 0.3 is 0 Å². The predicted octanol–water partition coefficient (Wildman–Crippen LogP) is 3.96. The summed E-state index contributed by atoms with van der Waals surface area (Å²) >= 11 is 3.98. The van der Waals surface area contributed by atoms with E-state index in [-0.39, 0.29) is 11.4 Å². The van der Waals surface area contributed by atoms with E-state index in [9.17, 15) is 4.79 Å². The molecule has 1 amide bonds. The maximum absolute atomic E-state index is 12.4. The molecule has 1 aliphatic carbocycles. The van der Waals surface area contributed by atoms with Gasteiger partial charge in [-0.2, -0.15) is 0 Å². The second-order valence-electron chi connectivity index (χ2n) is 8.53. The van der Waals surface area contributed by atoms with Crippen LogP contribution in [0.1, 0.15) is 44.7 Å². The van der Waals surface area contributed by atoms with Crippen molar-refractivity contribution in [3.63, 3.8) is 0 Å². The minimum atomic E-state index is -0.265. The number of nitrogen functional groups attached to an aromatic ring is 1. The molecule has 0 bridgehead atoms. The van der Waals surface area contributed by atoms with Gasteiger partial charge in [0.1, 0.15) is 6.33 Å². The van der Waals surface area contributed by atoms with Crippen LogP contribution < -0.4 is 11.1 Å². The number of hydrogen-bond donors (Lipinski definition) is 2. The summed E-state index contributed by atoms with van der Waals surface area (Å²) in [5.74, 6) is 0.345. The highest BCUT2D eigenvalue weighted by atomic mass is 127. The van der Waals surface area contributed by atoms with Gasteiger partial charge in [-0.3, -0.25) is 4.79 Å². The molecule has 0 saturated carbocycles. The zero-order valence-corrected chi connectivity index (χ0v) is 20.3. The van der Waals surface area contributed by atoms with Gasteiger partial charge in [0.05, 0.1) is 0 Å². The van der Waals surface area contributed by atoms with Gasteiger partial charge in [0, 0.05) is 27.0 Å². The third-order valence-corrected chi connectivity index (χ3v) is 7.26. The number of benzene rings is 1. The lowest BCUT2D eigenvalue weighted by Gasteiger charge is -2.20. The fraction of sp³-hybridized carbons (Fsp3) is 0.429. The molecule has 0 aliphatic heterocycles. The molecular formula is C21H25IN6OS. The smallest absolute Gasteiger partial charge is 0.222 e. The SMILES string of the molecule is CC(C)(C)NC(=O)CCn1c(Sc2cc3c(cc2I)CCC3)nc2c(N)ncnc21. The number of imidazole rings is 1. The van der Waals surface area contributed by atoms with Gasteiger partial charge < -0.3 is 15.6 Å². The molecule has 1 aliphatic rings. The van der Waals surface area contributed by atoms with E-state index in [0.29, 0.717) is 29.9 Å². The first-order valence-corrected chi connectivity index (χ1v) is 11.9. The van der Waals surface area contributed by atoms with Gasteiger partial charge in [-0.15, -0.1) is 0 Å². The number of amides is 1. The van der Waals surface area contributed by atoms with Gasteiger partial charge in [0.2, 0.25) is 5.91 Å². The number of aryl methyl sites for hydroxylation is 3. The van der Waals surface area contributed by atoms with E-state index in [0.717, 1.165) is 18.0 Å². The molecule has 0 spiro atoms. The van der Waals surface area contributed by atoms with Crippen molar-refractivity contribution in [3.05, 3.63) is 33.2 Å². The fourth-order valence-electron chi connectivity index (χ4n) is 3.66. The first-order chi connectivity index (χ1) is 14.2. The highest BCUT2D eigenvalue weighted by molar-refractivity contribution is 14.1. The third-order valence-electron chi connectivity index (χ3n) is 4.95. The Kier molecular flexibility index (Phi) is 5.93. The predicted molar refractivity (Wildman–Crippen MR) is 128 cm³/mol. The molecule has 158 valence electrons. The molecule has 0 radical (unpaired) electrons. The van der Waals surface area contributed by atoms with Crippen molar-refractivity contribution in [2.45, 2.75) is 68.6 Å². The lowest BCUT2D eigenvalue weighted by molar-refractivity contribution is -0.122. The summed E-state index contributed by atoms with van der Waals surface area (Å²) < 4.78 is 3.19. The number of carbonyl (C=O) groups excluding carboxylic acids is 1. The zero-order valence-electron chi connectivity index (χ0n) is 17.3. The molecule has 0 fully saturated rings. The van der Waals surface area contributed by atoms with Gasteiger partial charge in [0.15, 0.2) is 22.1 Å². The van der Waals surface area contributed by atoms with E-state index in [1.807, 2.05) is 25.3 Å². The molecular weight excluding hydrogens is 511 g/mol.